The first-order valence-electron chi connectivity index (χ1n) is 12.5. The van der Waals surface area contributed by atoms with E-state index in [9.17, 15) is 22.0 Å². The van der Waals surface area contributed by atoms with Crippen molar-refractivity contribution in [2.24, 2.45) is 5.92 Å². The van der Waals surface area contributed by atoms with Crippen molar-refractivity contribution in [2.45, 2.75) is 45.4 Å². The van der Waals surface area contributed by atoms with Gasteiger partial charge in [0.2, 0.25) is 17.5 Å². The molecule has 0 radical (unpaired) electrons. The summed E-state index contributed by atoms with van der Waals surface area (Å²) < 4.78 is 87.8. The third-order valence-electron chi connectivity index (χ3n) is 6.73. The largest absolute Gasteiger partial charge is 0.491 e. The highest BCUT2D eigenvalue weighted by molar-refractivity contribution is 5.66. The lowest BCUT2D eigenvalue weighted by atomic mass is 9.78. The molecule has 0 bridgehead atoms. The molecule has 8 heteroatoms. The van der Waals surface area contributed by atoms with Gasteiger partial charge in [-0.3, -0.25) is 0 Å². The van der Waals surface area contributed by atoms with E-state index in [2.05, 4.69) is 0 Å². The molecule has 1 fully saturated rings. The van der Waals surface area contributed by atoms with Gasteiger partial charge in [-0.25, -0.2) is 8.78 Å². The number of ether oxygens (including phenoxy) is 3. The minimum absolute atomic E-state index is 0.0186. The molecule has 198 valence electrons. The van der Waals surface area contributed by atoms with Crippen LogP contribution in [-0.2, 0) is 0 Å². The number of hydrogen-bond acceptors (Lipinski definition) is 3. The Bertz CT molecular complexity index is 1240. The number of benzene rings is 3. The number of halogens is 5. The molecule has 0 amide bonds. The molecule has 0 N–H and O–H groups in total. The molecule has 37 heavy (non-hydrogen) atoms. The Balaban J connectivity index is 1.37. The van der Waals surface area contributed by atoms with Gasteiger partial charge in [0.05, 0.1) is 19.8 Å². The minimum atomic E-state index is -1.15. The van der Waals surface area contributed by atoms with E-state index in [1.165, 1.54) is 36.4 Å². The molecule has 4 rings (SSSR count). The summed E-state index contributed by atoms with van der Waals surface area (Å²) in [5, 5.41) is 0. The van der Waals surface area contributed by atoms with Gasteiger partial charge in [-0.2, -0.15) is 13.2 Å². The molecule has 0 heterocycles. The SMILES string of the molecule is CCOc1ccc(OCC2CCC(c3ccc(-c4ccc(OCC)c(F)c4F)c(F)c3)CC2)c(F)c1F. The van der Waals surface area contributed by atoms with E-state index in [1.54, 1.807) is 19.9 Å². The summed E-state index contributed by atoms with van der Waals surface area (Å²) in [6.45, 7) is 4.00. The summed E-state index contributed by atoms with van der Waals surface area (Å²) in [6, 6.07) is 9.90. The van der Waals surface area contributed by atoms with Crippen molar-refractivity contribution in [1.82, 2.24) is 0 Å². The van der Waals surface area contributed by atoms with E-state index in [4.69, 9.17) is 14.2 Å². The minimum Gasteiger partial charge on any atom is -0.491 e. The molecule has 0 unspecified atom stereocenters. The zero-order chi connectivity index (χ0) is 26.5. The van der Waals surface area contributed by atoms with Crippen LogP contribution in [0.1, 0.15) is 51.0 Å². The smallest absolute Gasteiger partial charge is 0.204 e. The first kappa shape index (κ1) is 26.8. The van der Waals surface area contributed by atoms with E-state index >= 15 is 0 Å². The average Bonchev–Trinajstić information content (AvgIpc) is 2.90. The van der Waals surface area contributed by atoms with Gasteiger partial charge in [-0.15, -0.1) is 0 Å². The lowest BCUT2D eigenvalue weighted by Gasteiger charge is -2.29. The van der Waals surface area contributed by atoms with E-state index in [1.807, 2.05) is 0 Å². The van der Waals surface area contributed by atoms with Crippen molar-refractivity contribution in [3.05, 3.63) is 77.1 Å². The van der Waals surface area contributed by atoms with E-state index in [-0.39, 0.29) is 60.0 Å². The maximum Gasteiger partial charge on any atom is 0.204 e. The molecule has 0 atom stereocenters. The zero-order valence-corrected chi connectivity index (χ0v) is 20.8. The molecule has 3 aromatic carbocycles. The fourth-order valence-electron chi connectivity index (χ4n) is 4.77. The molecule has 0 aromatic heterocycles. The molecule has 0 aliphatic heterocycles. The third kappa shape index (κ3) is 5.84. The summed E-state index contributed by atoms with van der Waals surface area (Å²) in [5.74, 6) is -5.33. The molecule has 1 aliphatic carbocycles. The van der Waals surface area contributed by atoms with E-state index < -0.39 is 29.1 Å². The highest BCUT2D eigenvalue weighted by Crippen LogP contribution is 2.39. The summed E-state index contributed by atoms with van der Waals surface area (Å²) in [7, 11) is 0. The Hall–Kier alpha value is -3.29. The van der Waals surface area contributed by atoms with Crippen LogP contribution in [0.15, 0.2) is 42.5 Å². The maximum atomic E-state index is 15.0. The highest BCUT2D eigenvalue weighted by atomic mass is 19.2. The Morgan fingerprint density at radius 3 is 1.70 bits per heavy atom. The second-order valence-corrected chi connectivity index (χ2v) is 9.06. The molecular weight excluding hydrogens is 491 g/mol. The second-order valence-electron chi connectivity index (χ2n) is 9.06. The Morgan fingerprint density at radius 2 is 1.14 bits per heavy atom. The van der Waals surface area contributed by atoms with E-state index in [0.717, 1.165) is 31.2 Å². The van der Waals surface area contributed by atoms with Crippen LogP contribution in [0.5, 0.6) is 17.2 Å². The molecule has 3 aromatic rings. The van der Waals surface area contributed by atoms with E-state index in [0.29, 0.717) is 0 Å². The Morgan fingerprint density at radius 1 is 0.622 bits per heavy atom. The van der Waals surface area contributed by atoms with Crippen molar-refractivity contribution in [3.63, 3.8) is 0 Å². The lowest BCUT2D eigenvalue weighted by molar-refractivity contribution is 0.191. The fraction of sp³-hybridized carbons (Fsp3) is 0.379. The zero-order valence-electron chi connectivity index (χ0n) is 20.8. The molecule has 1 aliphatic rings. The topological polar surface area (TPSA) is 27.7 Å². The average molecular weight is 521 g/mol. The summed E-state index contributed by atoms with van der Waals surface area (Å²) in [6.07, 6.45) is 3.07. The van der Waals surface area contributed by atoms with Gasteiger partial charge in [-0.05, 0) is 87.3 Å². The van der Waals surface area contributed by atoms with Crippen LogP contribution in [0, 0.1) is 35.0 Å². The van der Waals surface area contributed by atoms with Crippen LogP contribution in [0.3, 0.4) is 0 Å². The lowest BCUT2D eigenvalue weighted by Crippen LogP contribution is -2.19. The van der Waals surface area contributed by atoms with Crippen molar-refractivity contribution in [3.8, 4) is 28.4 Å². The van der Waals surface area contributed by atoms with Crippen LogP contribution in [0.2, 0.25) is 0 Å². The van der Waals surface area contributed by atoms with Gasteiger partial charge in [0.15, 0.2) is 23.1 Å². The maximum absolute atomic E-state index is 15.0. The molecule has 3 nitrogen and oxygen atoms in total. The van der Waals surface area contributed by atoms with Gasteiger partial charge < -0.3 is 14.2 Å². The predicted octanol–water partition coefficient (Wildman–Crippen LogP) is 8.20. The van der Waals surface area contributed by atoms with Gasteiger partial charge in [0.25, 0.3) is 0 Å². The number of hydrogen-bond donors (Lipinski definition) is 0. The van der Waals surface area contributed by atoms with Crippen molar-refractivity contribution >= 4 is 0 Å². The first-order valence-corrected chi connectivity index (χ1v) is 12.5. The third-order valence-corrected chi connectivity index (χ3v) is 6.73. The predicted molar refractivity (Wildman–Crippen MR) is 131 cm³/mol. The highest BCUT2D eigenvalue weighted by Gasteiger charge is 2.25. The first-order chi connectivity index (χ1) is 17.8. The van der Waals surface area contributed by atoms with Crippen molar-refractivity contribution in [1.29, 1.82) is 0 Å². The quantitative estimate of drug-likeness (QED) is 0.266. The molecule has 0 spiro atoms. The van der Waals surface area contributed by atoms with Crippen LogP contribution in [0.25, 0.3) is 11.1 Å². The van der Waals surface area contributed by atoms with Crippen molar-refractivity contribution < 1.29 is 36.2 Å². The molecular formula is C29H29F5O3. The Labute approximate surface area is 213 Å². The monoisotopic (exact) mass is 520 g/mol. The standard InChI is InChI=1S/C29H29F5O3/c1-3-35-23-12-11-21(26(31)27(23)32)20-10-9-19(15-22(20)30)18-7-5-17(6-8-18)16-37-25-14-13-24(36-4-2)28(33)29(25)34/h9-15,17-18H,3-8,16H2,1-2H3. The number of rotatable bonds is 9. The normalized spacial score (nSPS) is 17.5. The molecule has 0 saturated heterocycles. The summed E-state index contributed by atoms with van der Waals surface area (Å²) >= 11 is 0. The Kier molecular flexibility index (Phi) is 8.56. The van der Waals surface area contributed by atoms with Gasteiger partial charge >= 0.3 is 0 Å². The van der Waals surface area contributed by atoms with Crippen LogP contribution in [0.4, 0.5) is 22.0 Å². The van der Waals surface area contributed by atoms with Gasteiger partial charge in [0.1, 0.15) is 5.82 Å². The second kappa shape index (κ2) is 11.8. The molecule has 1 saturated carbocycles. The fourth-order valence-corrected chi connectivity index (χ4v) is 4.77. The van der Waals surface area contributed by atoms with Crippen molar-refractivity contribution in [2.75, 3.05) is 19.8 Å². The van der Waals surface area contributed by atoms with Crippen LogP contribution in [-0.4, -0.2) is 19.8 Å². The summed E-state index contributed by atoms with van der Waals surface area (Å²) in [5.41, 5.74) is 0.603. The van der Waals surface area contributed by atoms with Crippen LogP contribution >= 0.6 is 0 Å². The van der Waals surface area contributed by atoms with Crippen LogP contribution < -0.4 is 14.2 Å². The van der Waals surface area contributed by atoms with Gasteiger partial charge in [-0.1, -0.05) is 12.1 Å². The van der Waals surface area contributed by atoms with Gasteiger partial charge in [0, 0.05) is 11.1 Å². The summed E-state index contributed by atoms with van der Waals surface area (Å²) in [4.78, 5) is 0.